The summed E-state index contributed by atoms with van der Waals surface area (Å²) in [6.45, 7) is 3.01. The van der Waals surface area contributed by atoms with Gasteiger partial charge in [-0.15, -0.1) is 0 Å². The van der Waals surface area contributed by atoms with Crippen LogP contribution in [0, 0.1) is 0 Å². The summed E-state index contributed by atoms with van der Waals surface area (Å²) in [4.78, 5) is 8.48. The fourth-order valence-electron chi connectivity index (χ4n) is 1.70. The number of aromatic nitrogens is 2. The number of hydrogen-bond donors (Lipinski definition) is 0. The molecule has 0 atom stereocenters. The van der Waals surface area contributed by atoms with E-state index in [0.717, 1.165) is 16.5 Å². The van der Waals surface area contributed by atoms with Gasteiger partial charge in [0.25, 0.3) is 0 Å². The predicted molar refractivity (Wildman–Crippen MR) is 85.1 cm³/mol. The van der Waals surface area contributed by atoms with Crippen LogP contribution in [0.3, 0.4) is 0 Å². The molecule has 0 saturated carbocycles. The van der Waals surface area contributed by atoms with Crippen molar-refractivity contribution in [1.82, 2.24) is 9.97 Å². The molecule has 0 aliphatic heterocycles. The summed E-state index contributed by atoms with van der Waals surface area (Å²) in [5.74, 6) is 0.493. The number of nitrogens with zero attached hydrogens (tertiary/aromatic N) is 2. The van der Waals surface area contributed by atoms with E-state index in [9.17, 15) is 0 Å². The molecule has 0 aliphatic rings. The summed E-state index contributed by atoms with van der Waals surface area (Å²) >= 11 is 15.9. The highest BCUT2D eigenvalue weighted by Gasteiger charge is 2.14. The van der Waals surface area contributed by atoms with Crippen LogP contribution in [0.4, 0.5) is 0 Å². The number of rotatable bonds is 5. The maximum absolute atomic E-state index is 6.23. The predicted octanol–water partition coefficient (Wildman–Crippen LogP) is 5.14. The van der Waals surface area contributed by atoms with Crippen molar-refractivity contribution in [3.05, 3.63) is 44.9 Å². The van der Waals surface area contributed by atoms with E-state index >= 15 is 0 Å². The van der Waals surface area contributed by atoms with Crippen LogP contribution in [0.5, 0.6) is 0 Å². The molecular formula is C14H13BrCl2N2O. The first kappa shape index (κ1) is 15.7. The van der Waals surface area contributed by atoms with E-state index in [1.54, 1.807) is 0 Å². The second-order valence-corrected chi connectivity index (χ2v) is 5.79. The Morgan fingerprint density at radius 3 is 2.50 bits per heavy atom. The normalized spacial score (nSPS) is 10.8. The summed E-state index contributed by atoms with van der Waals surface area (Å²) in [7, 11) is 0. The zero-order valence-corrected chi connectivity index (χ0v) is 14.0. The molecule has 2 aromatic rings. The van der Waals surface area contributed by atoms with Gasteiger partial charge in [0, 0.05) is 11.1 Å². The van der Waals surface area contributed by atoms with Gasteiger partial charge in [-0.1, -0.05) is 58.2 Å². The molecule has 0 amide bonds. The zero-order chi connectivity index (χ0) is 14.5. The zero-order valence-electron chi connectivity index (χ0n) is 10.9. The van der Waals surface area contributed by atoms with E-state index in [2.05, 4.69) is 25.9 Å². The molecule has 1 heterocycles. The van der Waals surface area contributed by atoms with Gasteiger partial charge >= 0.3 is 0 Å². The molecule has 0 fully saturated rings. The Balaban J connectivity index is 2.31. The van der Waals surface area contributed by atoms with E-state index in [4.69, 9.17) is 27.9 Å². The lowest BCUT2D eigenvalue weighted by Gasteiger charge is -2.09. The average Bonchev–Trinajstić information content (AvgIpc) is 2.38. The molecule has 3 nitrogen and oxygen atoms in total. The minimum Gasteiger partial charge on any atom is -0.373 e. The van der Waals surface area contributed by atoms with Gasteiger partial charge in [0.05, 0.1) is 5.56 Å². The minimum atomic E-state index is 0.312. The van der Waals surface area contributed by atoms with Gasteiger partial charge < -0.3 is 4.74 Å². The lowest BCUT2D eigenvalue weighted by molar-refractivity contribution is 0.116. The third-order valence-corrected chi connectivity index (χ3v) is 3.60. The fraction of sp³-hybridized carbons (Fsp3) is 0.286. The van der Waals surface area contributed by atoms with Crippen LogP contribution >= 0.6 is 39.1 Å². The Labute approximate surface area is 136 Å². The molecule has 0 aliphatic carbocycles. The maximum atomic E-state index is 6.23. The highest BCUT2D eigenvalue weighted by molar-refractivity contribution is 9.10. The molecule has 0 unspecified atom stereocenters. The molecule has 20 heavy (non-hydrogen) atoms. The number of benzene rings is 1. The Kier molecular flexibility index (Phi) is 5.78. The van der Waals surface area contributed by atoms with Crippen molar-refractivity contribution in [2.75, 3.05) is 6.61 Å². The quantitative estimate of drug-likeness (QED) is 0.536. The summed E-state index contributed by atoms with van der Waals surface area (Å²) < 4.78 is 6.34. The van der Waals surface area contributed by atoms with E-state index in [1.165, 1.54) is 0 Å². The molecule has 6 heteroatoms. The van der Waals surface area contributed by atoms with Gasteiger partial charge in [-0.2, -0.15) is 0 Å². The van der Waals surface area contributed by atoms with Crippen LogP contribution in [-0.4, -0.2) is 16.6 Å². The van der Waals surface area contributed by atoms with E-state index < -0.39 is 0 Å². The lowest BCUT2D eigenvalue weighted by atomic mass is 10.1. The lowest BCUT2D eigenvalue weighted by Crippen LogP contribution is -2.02. The Morgan fingerprint density at radius 2 is 1.90 bits per heavy atom. The first-order valence-corrected chi connectivity index (χ1v) is 7.72. The second-order valence-electron chi connectivity index (χ2n) is 4.16. The largest absolute Gasteiger partial charge is 0.373 e. The van der Waals surface area contributed by atoms with Crippen LogP contribution in [0.15, 0.2) is 28.7 Å². The number of ether oxygens (including phenoxy) is 1. The third kappa shape index (κ3) is 3.92. The van der Waals surface area contributed by atoms with Gasteiger partial charge in [-0.3, -0.25) is 0 Å². The summed E-state index contributed by atoms with van der Waals surface area (Å²) in [5, 5.41) is 0.663. The van der Waals surface area contributed by atoms with Crippen molar-refractivity contribution in [2.45, 2.75) is 20.0 Å². The van der Waals surface area contributed by atoms with Crippen molar-refractivity contribution in [3.8, 4) is 11.1 Å². The van der Waals surface area contributed by atoms with Crippen molar-refractivity contribution in [1.29, 1.82) is 0 Å². The first-order chi connectivity index (χ1) is 9.61. The average molecular weight is 376 g/mol. The minimum absolute atomic E-state index is 0.312. The van der Waals surface area contributed by atoms with Crippen LogP contribution in [0.25, 0.3) is 11.1 Å². The molecule has 1 aromatic heterocycles. The smallest absolute Gasteiger partial charge is 0.157 e. The van der Waals surface area contributed by atoms with Gasteiger partial charge in [0.2, 0.25) is 0 Å². The molecule has 1 aromatic carbocycles. The highest BCUT2D eigenvalue weighted by Crippen LogP contribution is 2.33. The van der Waals surface area contributed by atoms with Gasteiger partial charge in [-0.25, -0.2) is 9.97 Å². The first-order valence-electron chi connectivity index (χ1n) is 6.17. The molecule has 0 bridgehead atoms. The summed E-state index contributed by atoms with van der Waals surface area (Å²) in [6, 6.07) is 7.67. The molecule has 0 N–H and O–H groups in total. The van der Waals surface area contributed by atoms with Crippen LogP contribution in [0.1, 0.15) is 19.2 Å². The van der Waals surface area contributed by atoms with E-state index in [1.807, 2.05) is 31.2 Å². The summed E-state index contributed by atoms with van der Waals surface area (Å²) in [5.41, 5.74) is 1.50. The maximum Gasteiger partial charge on any atom is 0.157 e. The van der Waals surface area contributed by atoms with Crippen LogP contribution in [-0.2, 0) is 11.3 Å². The standard InChI is InChI=1S/C14H13BrCl2N2O/c1-2-6-20-8-11-18-13(16)12(14(17)19-11)9-4-3-5-10(15)7-9/h3-5,7H,2,6,8H2,1H3. The molecule has 0 spiro atoms. The molecule has 2 rings (SSSR count). The third-order valence-electron chi connectivity index (χ3n) is 2.56. The topological polar surface area (TPSA) is 35.0 Å². The monoisotopic (exact) mass is 374 g/mol. The second kappa shape index (κ2) is 7.36. The highest BCUT2D eigenvalue weighted by atomic mass is 79.9. The van der Waals surface area contributed by atoms with Gasteiger partial charge in [0.15, 0.2) is 5.82 Å². The fourth-order valence-corrected chi connectivity index (χ4v) is 2.74. The van der Waals surface area contributed by atoms with Gasteiger partial charge in [-0.05, 0) is 24.1 Å². The SMILES string of the molecule is CCCOCc1nc(Cl)c(-c2cccc(Br)c2)c(Cl)n1. The van der Waals surface area contributed by atoms with Crippen molar-refractivity contribution < 1.29 is 4.74 Å². The summed E-state index contributed by atoms with van der Waals surface area (Å²) in [6.07, 6.45) is 0.942. The number of halogens is 3. The van der Waals surface area contributed by atoms with Crippen molar-refractivity contribution >= 4 is 39.1 Å². The van der Waals surface area contributed by atoms with E-state index in [0.29, 0.717) is 34.9 Å². The molecule has 0 saturated heterocycles. The van der Waals surface area contributed by atoms with Crippen molar-refractivity contribution in [2.24, 2.45) is 0 Å². The van der Waals surface area contributed by atoms with Crippen molar-refractivity contribution in [3.63, 3.8) is 0 Å². The van der Waals surface area contributed by atoms with Gasteiger partial charge in [0.1, 0.15) is 16.9 Å². The van der Waals surface area contributed by atoms with Crippen LogP contribution in [0.2, 0.25) is 10.3 Å². The molecular weight excluding hydrogens is 363 g/mol. The molecule has 0 radical (unpaired) electrons. The van der Waals surface area contributed by atoms with Crippen LogP contribution < -0.4 is 0 Å². The molecule has 106 valence electrons. The Bertz CT molecular complexity index is 584. The number of hydrogen-bond acceptors (Lipinski definition) is 3. The Hall–Kier alpha value is -0.680. The Morgan fingerprint density at radius 1 is 1.20 bits per heavy atom. The van der Waals surface area contributed by atoms with E-state index in [-0.39, 0.29) is 0 Å².